The average Bonchev–Trinajstić information content (AvgIpc) is 2.82. The second kappa shape index (κ2) is 5.14. The molecule has 7 heteroatoms. The van der Waals surface area contributed by atoms with E-state index in [-0.39, 0.29) is 11.8 Å². The molecule has 0 saturated heterocycles. The number of carbonyl (C=O) groups is 1. The van der Waals surface area contributed by atoms with Gasteiger partial charge in [-0.15, -0.1) is 10.2 Å². The first-order valence-corrected chi connectivity index (χ1v) is 5.80. The second-order valence-electron chi connectivity index (χ2n) is 4.07. The molecule has 0 aliphatic carbocycles. The Bertz CT molecular complexity index is 553. The van der Waals surface area contributed by atoms with Gasteiger partial charge < -0.3 is 5.32 Å². The van der Waals surface area contributed by atoms with E-state index in [4.69, 9.17) is 11.6 Å². The summed E-state index contributed by atoms with van der Waals surface area (Å²) in [7, 11) is 0. The number of hydrogen-bond acceptors (Lipinski definition) is 4. The molecule has 0 fully saturated rings. The van der Waals surface area contributed by atoms with Gasteiger partial charge in [0.15, 0.2) is 0 Å². The number of rotatable bonds is 3. The number of aromatic nitrogens is 4. The molecule has 2 rings (SSSR count). The van der Waals surface area contributed by atoms with Crippen LogP contribution in [0.3, 0.4) is 0 Å². The monoisotopic (exact) mass is 265 g/mol. The summed E-state index contributed by atoms with van der Waals surface area (Å²) in [5, 5.41) is 17.0. The van der Waals surface area contributed by atoms with Crippen LogP contribution in [0.4, 0.5) is 5.69 Å². The number of anilines is 1. The van der Waals surface area contributed by atoms with Gasteiger partial charge >= 0.3 is 0 Å². The van der Waals surface area contributed by atoms with E-state index in [1.54, 1.807) is 18.2 Å². The van der Waals surface area contributed by atoms with E-state index in [0.717, 1.165) is 0 Å². The van der Waals surface area contributed by atoms with Crippen LogP contribution in [0.5, 0.6) is 0 Å². The van der Waals surface area contributed by atoms with Crippen LogP contribution in [0.2, 0.25) is 5.02 Å². The van der Waals surface area contributed by atoms with E-state index in [0.29, 0.717) is 22.1 Å². The fraction of sp³-hybridized carbons (Fsp3) is 0.273. The van der Waals surface area contributed by atoms with Crippen molar-refractivity contribution in [1.29, 1.82) is 0 Å². The van der Waals surface area contributed by atoms with Crippen molar-refractivity contribution in [3.05, 3.63) is 23.2 Å². The summed E-state index contributed by atoms with van der Waals surface area (Å²) in [6.45, 7) is 3.63. The zero-order chi connectivity index (χ0) is 13.1. The molecule has 1 aromatic carbocycles. The van der Waals surface area contributed by atoms with Crippen LogP contribution in [0.25, 0.3) is 11.4 Å². The van der Waals surface area contributed by atoms with Crippen molar-refractivity contribution in [2.45, 2.75) is 13.8 Å². The third-order valence-electron chi connectivity index (χ3n) is 2.35. The van der Waals surface area contributed by atoms with Gasteiger partial charge in [0, 0.05) is 16.5 Å². The molecule has 0 saturated carbocycles. The minimum Gasteiger partial charge on any atom is -0.325 e. The van der Waals surface area contributed by atoms with Gasteiger partial charge in [-0.25, -0.2) is 0 Å². The SMILES string of the molecule is CC(C)C(=O)Nc1cc(Cl)ccc1-c1nn[nH]n1. The van der Waals surface area contributed by atoms with Gasteiger partial charge in [0.05, 0.1) is 5.69 Å². The van der Waals surface area contributed by atoms with Crippen molar-refractivity contribution in [2.24, 2.45) is 5.92 Å². The molecule has 0 radical (unpaired) electrons. The molecule has 94 valence electrons. The third kappa shape index (κ3) is 2.65. The lowest BCUT2D eigenvalue weighted by atomic mass is 10.1. The van der Waals surface area contributed by atoms with E-state index < -0.39 is 0 Å². The molecule has 1 amide bonds. The summed E-state index contributed by atoms with van der Waals surface area (Å²) in [6, 6.07) is 5.11. The summed E-state index contributed by atoms with van der Waals surface area (Å²) in [5.74, 6) is 0.190. The van der Waals surface area contributed by atoms with Crippen LogP contribution in [-0.2, 0) is 4.79 Å². The predicted octanol–water partition coefficient (Wildman–Crippen LogP) is 2.11. The standard InChI is InChI=1S/C11H12ClN5O/c1-6(2)11(18)13-9-5-7(12)3-4-8(9)10-14-16-17-15-10/h3-6H,1-2H3,(H,13,18)(H,14,15,16,17). The summed E-state index contributed by atoms with van der Waals surface area (Å²) in [4.78, 5) is 11.7. The Hall–Kier alpha value is -1.95. The number of nitrogens with one attached hydrogen (secondary N) is 2. The highest BCUT2D eigenvalue weighted by molar-refractivity contribution is 6.31. The number of halogens is 1. The number of benzene rings is 1. The number of nitrogens with zero attached hydrogens (tertiary/aromatic N) is 3. The van der Waals surface area contributed by atoms with Gasteiger partial charge in [0.1, 0.15) is 0 Å². The summed E-state index contributed by atoms with van der Waals surface area (Å²) in [6.07, 6.45) is 0. The van der Waals surface area contributed by atoms with Crippen LogP contribution in [0, 0.1) is 5.92 Å². The maximum absolute atomic E-state index is 11.7. The van der Waals surface area contributed by atoms with Gasteiger partial charge in [0.2, 0.25) is 11.7 Å². The Labute approximate surface area is 109 Å². The van der Waals surface area contributed by atoms with Crippen LogP contribution in [0.1, 0.15) is 13.8 Å². The molecular formula is C11H12ClN5O. The van der Waals surface area contributed by atoms with E-state index in [9.17, 15) is 4.79 Å². The third-order valence-corrected chi connectivity index (χ3v) is 2.59. The normalized spacial score (nSPS) is 10.7. The largest absolute Gasteiger partial charge is 0.325 e. The zero-order valence-electron chi connectivity index (χ0n) is 9.94. The molecule has 0 bridgehead atoms. The molecule has 0 aliphatic heterocycles. The number of hydrogen-bond donors (Lipinski definition) is 2. The van der Waals surface area contributed by atoms with Crippen molar-refractivity contribution >= 4 is 23.2 Å². The molecule has 1 heterocycles. The smallest absolute Gasteiger partial charge is 0.226 e. The van der Waals surface area contributed by atoms with Gasteiger partial charge in [-0.05, 0) is 23.4 Å². The maximum Gasteiger partial charge on any atom is 0.226 e. The van der Waals surface area contributed by atoms with E-state index >= 15 is 0 Å². The summed E-state index contributed by atoms with van der Waals surface area (Å²) < 4.78 is 0. The molecular weight excluding hydrogens is 254 g/mol. The van der Waals surface area contributed by atoms with Crippen molar-refractivity contribution in [3.8, 4) is 11.4 Å². The molecule has 18 heavy (non-hydrogen) atoms. The number of H-pyrrole nitrogens is 1. The van der Waals surface area contributed by atoms with Gasteiger partial charge in [-0.2, -0.15) is 5.21 Å². The van der Waals surface area contributed by atoms with Crippen molar-refractivity contribution in [2.75, 3.05) is 5.32 Å². The van der Waals surface area contributed by atoms with Gasteiger partial charge in [-0.3, -0.25) is 4.79 Å². The second-order valence-corrected chi connectivity index (χ2v) is 4.51. The summed E-state index contributed by atoms with van der Waals surface area (Å²) >= 11 is 5.93. The van der Waals surface area contributed by atoms with Crippen LogP contribution in [-0.4, -0.2) is 26.5 Å². The fourth-order valence-corrected chi connectivity index (χ4v) is 1.54. The number of carbonyl (C=O) groups excluding carboxylic acids is 1. The van der Waals surface area contributed by atoms with E-state index in [2.05, 4.69) is 25.9 Å². The minimum atomic E-state index is -0.123. The average molecular weight is 266 g/mol. The van der Waals surface area contributed by atoms with Crippen molar-refractivity contribution in [3.63, 3.8) is 0 Å². The van der Waals surface area contributed by atoms with Crippen LogP contribution in [0.15, 0.2) is 18.2 Å². The topological polar surface area (TPSA) is 83.6 Å². The number of amides is 1. The van der Waals surface area contributed by atoms with E-state index in [1.807, 2.05) is 13.8 Å². The van der Waals surface area contributed by atoms with Gasteiger partial charge in [-0.1, -0.05) is 25.4 Å². The number of aromatic amines is 1. The highest BCUT2D eigenvalue weighted by atomic mass is 35.5. The molecule has 0 aliphatic rings. The Morgan fingerprint density at radius 2 is 2.22 bits per heavy atom. The number of tetrazole rings is 1. The molecule has 0 unspecified atom stereocenters. The van der Waals surface area contributed by atoms with Crippen molar-refractivity contribution in [1.82, 2.24) is 20.6 Å². The highest BCUT2D eigenvalue weighted by Crippen LogP contribution is 2.28. The first-order chi connectivity index (χ1) is 8.58. The molecule has 2 N–H and O–H groups in total. The van der Waals surface area contributed by atoms with Crippen LogP contribution < -0.4 is 5.32 Å². The zero-order valence-corrected chi connectivity index (χ0v) is 10.7. The molecule has 0 spiro atoms. The molecule has 2 aromatic rings. The van der Waals surface area contributed by atoms with Crippen molar-refractivity contribution < 1.29 is 4.79 Å². The first kappa shape index (κ1) is 12.5. The summed E-state index contributed by atoms with van der Waals surface area (Å²) in [5.41, 5.74) is 1.24. The fourth-order valence-electron chi connectivity index (χ4n) is 1.37. The minimum absolute atomic E-state index is 0.0954. The predicted molar refractivity (Wildman–Crippen MR) is 68.1 cm³/mol. The van der Waals surface area contributed by atoms with E-state index in [1.165, 1.54) is 0 Å². The Morgan fingerprint density at radius 1 is 1.44 bits per heavy atom. The molecule has 1 aromatic heterocycles. The highest BCUT2D eigenvalue weighted by Gasteiger charge is 2.14. The maximum atomic E-state index is 11.7. The Balaban J connectivity index is 2.39. The van der Waals surface area contributed by atoms with Gasteiger partial charge in [0.25, 0.3) is 0 Å². The lowest BCUT2D eigenvalue weighted by Crippen LogP contribution is -2.18. The quantitative estimate of drug-likeness (QED) is 0.890. The molecule has 6 nitrogen and oxygen atoms in total. The Morgan fingerprint density at radius 3 is 2.83 bits per heavy atom. The lowest BCUT2D eigenvalue weighted by Gasteiger charge is -2.11. The van der Waals surface area contributed by atoms with Crippen LogP contribution >= 0.6 is 11.6 Å². The Kier molecular flexibility index (Phi) is 3.57. The molecule has 0 atom stereocenters. The first-order valence-electron chi connectivity index (χ1n) is 5.42. The lowest BCUT2D eigenvalue weighted by molar-refractivity contribution is -0.118.